The Balaban J connectivity index is 2.23. The van der Waals surface area contributed by atoms with Crippen molar-refractivity contribution in [3.8, 4) is 0 Å². The van der Waals surface area contributed by atoms with Crippen LogP contribution in [-0.2, 0) is 13.6 Å². The first kappa shape index (κ1) is 16.3. The summed E-state index contributed by atoms with van der Waals surface area (Å²) in [7, 11) is 1.53. The lowest BCUT2D eigenvalue weighted by Gasteiger charge is -2.12. The molecule has 0 saturated heterocycles. The Morgan fingerprint density at radius 3 is 2.25 bits per heavy atom. The summed E-state index contributed by atoms with van der Waals surface area (Å²) in [6.07, 6.45) is 3.76. The van der Waals surface area contributed by atoms with E-state index in [2.05, 4.69) is 26.0 Å². The third-order valence-corrected chi connectivity index (χ3v) is 4.65. The molecule has 0 bridgehead atoms. The van der Waals surface area contributed by atoms with Crippen LogP contribution in [0.25, 0.3) is 10.9 Å². The van der Waals surface area contributed by atoms with E-state index >= 15 is 0 Å². The van der Waals surface area contributed by atoms with Crippen LogP contribution < -0.4 is 11.2 Å². The Morgan fingerprint density at radius 2 is 1.67 bits per heavy atom. The second-order valence-electron chi connectivity index (χ2n) is 6.71. The Labute approximate surface area is 140 Å². The summed E-state index contributed by atoms with van der Waals surface area (Å²) >= 11 is 0. The number of aromatic nitrogens is 3. The molecule has 3 aromatic rings. The molecule has 0 amide bonds. The standard InChI is InChI=1S/C19H23N3O2/c1-12(2)22-17-11-21(9-15-13(3)7-6-8-14(15)4)10-16(17)18(23)20(5)19(22)24/h6-8,10-12H,9H2,1-5H3. The van der Waals surface area contributed by atoms with Gasteiger partial charge in [0.15, 0.2) is 0 Å². The molecule has 5 nitrogen and oxygen atoms in total. The van der Waals surface area contributed by atoms with E-state index in [1.807, 2.05) is 36.9 Å². The van der Waals surface area contributed by atoms with Crippen molar-refractivity contribution >= 4 is 10.9 Å². The van der Waals surface area contributed by atoms with Gasteiger partial charge in [0.1, 0.15) is 0 Å². The third-order valence-electron chi connectivity index (χ3n) is 4.65. The van der Waals surface area contributed by atoms with Crippen LogP contribution >= 0.6 is 0 Å². The predicted molar refractivity (Wildman–Crippen MR) is 96.8 cm³/mol. The Bertz CT molecular complexity index is 1010. The van der Waals surface area contributed by atoms with Crippen LogP contribution in [0.4, 0.5) is 0 Å². The molecule has 0 aliphatic carbocycles. The number of hydrogen-bond donors (Lipinski definition) is 0. The SMILES string of the molecule is Cc1cccc(C)c1Cn1cc2c(=O)n(C)c(=O)n(C(C)C)c2c1. The van der Waals surface area contributed by atoms with Gasteiger partial charge >= 0.3 is 5.69 Å². The van der Waals surface area contributed by atoms with Crippen molar-refractivity contribution in [2.24, 2.45) is 7.05 Å². The fraction of sp³-hybridized carbons (Fsp3) is 0.368. The summed E-state index contributed by atoms with van der Waals surface area (Å²) in [6, 6.07) is 6.22. The summed E-state index contributed by atoms with van der Waals surface area (Å²) in [5.41, 5.74) is 3.88. The molecular formula is C19H23N3O2. The molecule has 0 fully saturated rings. The van der Waals surface area contributed by atoms with Gasteiger partial charge in [0.25, 0.3) is 5.56 Å². The maximum absolute atomic E-state index is 12.5. The number of hydrogen-bond acceptors (Lipinski definition) is 2. The van der Waals surface area contributed by atoms with Gasteiger partial charge in [0.05, 0.1) is 10.9 Å². The van der Waals surface area contributed by atoms with Crippen molar-refractivity contribution in [3.05, 3.63) is 68.1 Å². The minimum Gasteiger partial charge on any atom is -0.347 e. The highest BCUT2D eigenvalue weighted by Gasteiger charge is 2.15. The van der Waals surface area contributed by atoms with E-state index < -0.39 is 0 Å². The minimum absolute atomic E-state index is 0.0113. The molecule has 24 heavy (non-hydrogen) atoms. The molecule has 0 saturated carbocycles. The van der Waals surface area contributed by atoms with Crippen molar-refractivity contribution in [3.63, 3.8) is 0 Å². The predicted octanol–water partition coefficient (Wildman–Crippen LogP) is 2.75. The summed E-state index contributed by atoms with van der Waals surface area (Å²) in [6.45, 7) is 8.77. The normalized spacial score (nSPS) is 11.6. The first-order valence-corrected chi connectivity index (χ1v) is 8.17. The van der Waals surface area contributed by atoms with E-state index in [1.54, 1.807) is 4.57 Å². The first-order chi connectivity index (χ1) is 11.3. The van der Waals surface area contributed by atoms with Gasteiger partial charge in [-0.1, -0.05) is 18.2 Å². The van der Waals surface area contributed by atoms with Crippen LogP contribution in [0.2, 0.25) is 0 Å². The fourth-order valence-corrected chi connectivity index (χ4v) is 3.26. The van der Waals surface area contributed by atoms with E-state index in [-0.39, 0.29) is 17.3 Å². The van der Waals surface area contributed by atoms with Crippen molar-refractivity contribution in [1.82, 2.24) is 13.7 Å². The highest BCUT2D eigenvalue weighted by Crippen LogP contribution is 2.18. The molecule has 0 unspecified atom stereocenters. The van der Waals surface area contributed by atoms with Crippen LogP contribution in [0.5, 0.6) is 0 Å². The maximum atomic E-state index is 12.5. The summed E-state index contributed by atoms with van der Waals surface area (Å²) in [4.78, 5) is 24.9. The molecule has 1 aromatic carbocycles. The lowest BCUT2D eigenvalue weighted by atomic mass is 10.0. The van der Waals surface area contributed by atoms with Gasteiger partial charge in [-0.15, -0.1) is 0 Å². The number of rotatable bonds is 3. The number of benzene rings is 1. The molecule has 0 radical (unpaired) electrons. The average molecular weight is 325 g/mol. The maximum Gasteiger partial charge on any atom is 0.331 e. The monoisotopic (exact) mass is 325 g/mol. The fourth-order valence-electron chi connectivity index (χ4n) is 3.26. The molecule has 0 N–H and O–H groups in total. The summed E-state index contributed by atoms with van der Waals surface area (Å²) < 4.78 is 4.86. The van der Waals surface area contributed by atoms with E-state index in [4.69, 9.17) is 0 Å². The van der Waals surface area contributed by atoms with E-state index in [9.17, 15) is 9.59 Å². The van der Waals surface area contributed by atoms with Crippen LogP contribution in [0.1, 0.15) is 36.6 Å². The van der Waals surface area contributed by atoms with Crippen molar-refractivity contribution in [1.29, 1.82) is 0 Å². The van der Waals surface area contributed by atoms with Crippen LogP contribution in [0, 0.1) is 13.8 Å². The lowest BCUT2D eigenvalue weighted by Crippen LogP contribution is -2.38. The van der Waals surface area contributed by atoms with E-state index in [0.29, 0.717) is 17.4 Å². The lowest BCUT2D eigenvalue weighted by molar-refractivity contribution is 0.556. The van der Waals surface area contributed by atoms with Gasteiger partial charge in [-0.2, -0.15) is 0 Å². The van der Waals surface area contributed by atoms with Crippen LogP contribution in [-0.4, -0.2) is 13.7 Å². The van der Waals surface area contributed by atoms with Gasteiger partial charge in [-0.05, 0) is 44.4 Å². The molecule has 0 spiro atoms. The molecule has 126 valence electrons. The first-order valence-electron chi connectivity index (χ1n) is 8.17. The second-order valence-corrected chi connectivity index (χ2v) is 6.71. The molecule has 3 rings (SSSR count). The highest BCUT2D eigenvalue weighted by atomic mass is 16.2. The average Bonchev–Trinajstić information content (AvgIpc) is 2.92. The van der Waals surface area contributed by atoms with Gasteiger partial charge in [0.2, 0.25) is 0 Å². The second kappa shape index (κ2) is 5.82. The Hall–Kier alpha value is -2.56. The Kier molecular flexibility index (Phi) is 3.95. The van der Waals surface area contributed by atoms with Crippen molar-refractivity contribution in [2.75, 3.05) is 0 Å². The zero-order valence-corrected chi connectivity index (χ0v) is 14.8. The van der Waals surface area contributed by atoms with Gasteiger partial charge in [-0.3, -0.25) is 13.9 Å². The zero-order chi connectivity index (χ0) is 17.6. The molecular weight excluding hydrogens is 302 g/mol. The van der Waals surface area contributed by atoms with Crippen molar-refractivity contribution in [2.45, 2.75) is 40.3 Å². The van der Waals surface area contributed by atoms with Crippen molar-refractivity contribution < 1.29 is 0 Å². The van der Waals surface area contributed by atoms with Crippen LogP contribution in [0.15, 0.2) is 40.2 Å². The zero-order valence-electron chi connectivity index (χ0n) is 14.8. The van der Waals surface area contributed by atoms with E-state index in [0.717, 1.165) is 0 Å². The Morgan fingerprint density at radius 1 is 1.04 bits per heavy atom. The van der Waals surface area contributed by atoms with Crippen LogP contribution in [0.3, 0.4) is 0 Å². The molecule has 5 heteroatoms. The summed E-state index contributed by atoms with van der Waals surface area (Å²) in [5.74, 6) is 0. The van der Waals surface area contributed by atoms with Gasteiger partial charge < -0.3 is 4.57 Å². The molecule has 0 atom stereocenters. The van der Waals surface area contributed by atoms with E-state index in [1.165, 1.54) is 28.3 Å². The molecule has 2 aromatic heterocycles. The quantitative estimate of drug-likeness (QED) is 0.743. The highest BCUT2D eigenvalue weighted by molar-refractivity contribution is 5.77. The van der Waals surface area contributed by atoms with Gasteiger partial charge in [0, 0.05) is 32.0 Å². The van der Waals surface area contributed by atoms with Gasteiger partial charge in [-0.25, -0.2) is 4.79 Å². The number of fused-ring (bicyclic) bond motifs is 1. The molecule has 0 aliphatic rings. The third kappa shape index (κ3) is 2.50. The topological polar surface area (TPSA) is 48.9 Å². The largest absolute Gasteiger partial charge is 0.347 e. The molecule has 2 heterocycles. The minimum atomic E-state index is -0.271. The number of aryl methyl sites for hydroxylation is 2. The summed E-state index contributed by atoms with van der Waals surface area (Å²) in [5, 5.41) is 0.581. The molecule has 0 aliphatic heterocycles. The smallest absolute Gasteiger partial charge is 0.331 e. The number of nitrogens with zero attached hydrogens (tertiary/aromatic N) is 3.